The second-order valence-electron chi connectivity index (χ2n) is 3.75. The normalized spacial score (nSPS) is 19.0. The number of nitrogens with zero attached hydrogens (tertiary/aromatic N) is 2. The summed E-state index contributed by atoms with van der Waals surface area (Å²) in [4.78, 5) is 8.92. The van der Waals surface area contributed by atoms with Gasteiger partial charge in [0.1, 0.15) is 11.9 Å². The van der Waals surface area contributed by atoms with E-state index >= 15 is 0 Å². The van der Waals surface area contributed by atoms with E-state index < -0.39 is 0 Å². The summed E-state index contributed by atoms with van der Waals surface area (Å²) in [5.74, 6) is -0.321. The number of fused-ring (bicyclic) bond motifs is 1. The average molecular weight is 298 g/mol. The quantitative estimate of drug-likeness (QED) is 0.879. The number of H-pyrrole nitrogens is 1. The van der Waals surface area contributed by atoms with E-state index in [1.165, 1.54) is 6.20 Å². The average Bonchev–Trinajstić information content (AvgIpc) is 2.89. The lowest BCUT2D eigenvalue weighted by molar-refractivity contribution is 0.190. The van der Waals surface area contributed by atoms with Gasteiger partial charge < -0.3 is 14.6 Å². The summed E-state index contributed by atoms with van der Waals surface area (Å²) in [5.41, 5.74) is 1.24. The van der Waals surface area contributed by atoms with Crippen molar-refractivity contribution in [3.05, 3.63) is 35.1 Å². The SMILES string of the molecule is CC1OC=CN1c1c[nH]c2ncc(Br)c(F)c12. The Morgan fingerprint density at radius 1 is 1.59 bits per heavy atom. The molecule has 0 bridgehead atoms. The maximum absolute atomic E-state index is 14.1. The second kappa shape index (κ2) is 3.73. The molecule has 0 aromatic carbocycles. The van der Waals surface area contributed by atoms with Crippen LogP contribution in [0.1, 0.15) is 6.92 Å². The molecule has 0 saturated heterocycles. The van der Waals surface area contributed by atoms with Crippen LogP contribution in [0.3, 0.4) is 0 Å². The Bertz CT molecular complexity index is 610. The molecule has 3 rings (SSSR count). The number of nitrogens with one attached hydrogen (secondary N) is 1. The summed E-state index contributed by atoms with van der Waals surface area (Å²) in [6.45, 7) is 1.89. The molecule has 3 heterocycles. The third-order valence-electron chi connectivity index (χ3n) is 2.74. The van der Waals surface area contributed by atoms with Crippen LogP contribution in [0.15, 0.2) is 29.3 Å². The van der Waals surface area contributed by atoms with Crippen molar-refractivity contribution in [1.82, 2.24) is 9.97 Å². The van der Waals surface area contributed by atoms with E-state index in [0.717, 1.165) is 0 Å². The number of aromatic amines is 1. The standard InChI is InChI=1S/C11H9BrFN3O/c1-6-16(2-3-17-6)8-5-15-11-9(8)10(13)7(12)4-14-11/h2-6H,1H3,(H,14,15). The number of aromatic nitrogens is 2. The first-order chi connectivity index (χ1) is 8.18. The molecule has 0 radical (unpaired) electrons. The maximum atomic E-state index is 14.1. The number of ether oxygens (including phenoxy) is 1. The van der Waals surface area contributed by atoms with Gasteiger partial charge in [0.05, 0.1) is 15.5 Å². The molecule has 1 unspecified atom stereocenters. The number of hydrogen-bond acceptors (Lipinski definition) is 3. The van der Waals surface area contributed by atoms with Crippen LogP contribution in [0, 0.1) is 5.82 Å². The van der Waals surface area contributed by atoms with Gasteiger partial charge in [-0.2, -0.15) is 0 Å². The number of anilines is 1. The van der Waals surface area contributed by atoms with E-state index in [-0.39, 0.29) is 12.0 Å². The monoisotopic (exact) mass is 297 g/mol. The summed E-state index contributed by atoms with van der Waals surface area (Å²) < 4.78 is 19.7. The van der Waals surface area contributed by atoms with Crippen LogP contribution in [0.4, 0.5) is 10.1 Å². The summed E-state index contributed by atoms with van der Waals surface area (Å²) in [5, 5.41) is 0.460. The minimum Gasteiger partial charge on any atom is -0.477 e. The Labute approximate surface area is 105 Å². The lowest BCUT2D eigenvalue weighted by Gasteiger charge is -2.19. The lowest BCUT2D eigenvalue weighted by atomic mass is 10.2. The van der Waals surface area contributed by atoms with E-state index in [4.69, 9.17) is 4.74 Å². The molecule has 1 atom stereocenters. The summed E-state index contributed by atoms with van der Waals surface area (Å²) >= 11 is 3.14. The largest absolute Gasteiger partial charge is 0.477 e. The van der Waals surface area contributed by atoms with Crippen molar-refractivity contribution in [2.24, 2.45) is 0 Å². The Kier molecular flexibility index (Phi) is 2.32. The fraction of sp³-hybridized carbons (Fsp3) is 0.182. The van der Waals surface area contributed by atoms with Crippen molar-refractivity contribution in [3.8, 4) is 0 Å². The molecule has 0 saturated carbocycles. The minimum absolute atomic E-state index is 0.146. The van der Waals surface area contributed by atoms with Gasteiger partial charge in [-0.25, -0.2) is 9.37 Å². The number of rotatable bonds is 1. The van der Waals surface area contributed by atoms with E-state index in [1.807, 2.05) is 11.8 Å². The van der Waals surface area contributed by atoms with Crippen LogP contribution < -0.4 is 4.90 Å². The molecule has 1 N–H and O–H groups in total. The van der Waals surface area contributed by atoms with Crippen molar-refractivity contribution in [2.45, 2.75) is 13.2 Å². The Morgan fingerprint density at radius 2 is 2.41 bits per heavy atom. The third kappa shape index (κ3) is 1.51. The van der Waals surface area contributed by atoms with Gasteiger partial charge in [-0.3, -0.25) is 0 Å². The second-order valence-corrected chi connectivity index (χ2v) is 4.60. The summed E-state index contributed by atoms with van der Waals surface area (Å²) in [6.07, 6.45) is 6.38. The van der Waals surface area contributed by atoms with Crippen molar-refractivity contribution in [3.63, 3.8) is 0 Å². The van der Waals surface area contributed by atoms with Crippen molar-refractivity contribution >= 4 is 32.7 Å². The molecule has 2 aromatic heterocycles. The van der Waals surface area contributed by atoms with E-state index in [1.54, 1.807) is 18.7 Å². The number of halogens is 2. The molecule has 0 amide bonds. The third-order valence-corrected chi connectivity index (χ3v) is 3.29. The molecular formula is C11H9BrFN3O. The van der Waals surface area contributed by atoms with Crippen LogP contribution in [0.5, 0.6) is 0 Å². The van der Waals surface area contributed by atoms with Crippen LogP contribution >= 0.6 is 15.9 Å². The molecule has 0 spiro atoms. The Morgan fingerprint density at radius 3 is 3.12 bits per heavy atom. The van der Waals surface area contributed by atoms with Crippen molar-refractivity contribution in [1.29, 1.82) is 0 Å². The van der Waals surface area contributed by atoms with Crippen molar-refractivity contribution < 1.29 is 9.13 Å². The van der Waals surface area contributed by atoms with Gasteiger partial charge in [0.25, 0.3) is 0 Å². The molecule has 1 aliphatic rings. The highest BCUT2D eigenvalue weighted by molar-refractivity contribution is 9.10. The zero-order chi connectivity index (χ0) is 12.0. The molecule has 6 heteroatoms. The van der Waals surface area contributed by atoms with Gasteiger partial charge in [-0.1, -0.05) is 0 Å². The summed E-state index contributed by atoms with van der Waals surface area (Å²) in [6, 6.07) is 0. The van der Waals surface area contributed by atoms with Crippen molar-refractivity contribution in [2.75, 3.05) is 4.90 Å². The lowest BCUT2D eigenvalue weighted by Crippen LogP contribution is -2.23. The molecule has 2 aromatic rings. The van der Waals surface area contributed by atoms with E-state index in [0.29, 0.717) is 21.2 Å². The fourth-order valence-electron chi connectivity index (χ4n) is 1.90. The number of hydrogen-bond donors (Lipinski definition) is 1. The molecule has 0 fully saturated rings. The van der Waals surface area contributed by atoms with E-state index in [9.17, 15) is 4.39 Å². The van der Waals surface area contributed by atoms with Gasteiger partial charge >= 0.3 is 0 Å². The van der Waals surface area contributed by atoms with Gasteiger partial charge in [0, 0.05) is 18.6 Å². The zero-order valence-corrected chi connectivity index (χ0v) is 10.5. The van der Waals surface area contributed by atoms with Crippen LogP contribution in [-0.2, 0) is 4.74 Å². The van der Waals surface area contributed by atoms with Crippen LogP contribution in [0.2, 0.25) is 0 Å². The van der Waals surface area contributed by atoms with Gasteiger partial charge in [-0.05, 0) is 22.9 Å². The smallest absolute Gasteiger partial charge is 0.172 e. The Hall–Kier alpha value is -1.56. The van der Waals surface area contributed by atoms with Gasteiger partial charge in [0.2, 0.25) is 0 Å². The summed E-state index contributed by atoms with van der Waals surface area (Å²) in [7, 11) is 0. The first-order valence-electron chi connectivity index (χ1n) is 5.10. The zero-order valence-electron chi connectivity index (χ0n) is 8.95. The fourth-order valence-corrected chi connectivity index (χ4v) is 2.20. The number of pyridine rings is 1. The van der Waals surface area contributed by atoms with E-state index in [2.05, 4.69) is 25.9 Å². The highest BCUT2D eigenvalue weighted by atomic mass is 79.9. The van der Waals surface area contributed by atoms with Crippen LogP contribution in [-0.4, -0.2) is 16.2 Å². The molecular weight excluding hydrogens is 289 g/mol. The van der Waals surface area contributed by atoms with Crippen LogP contribution in [0.25, 0.3) is 11.0 Å². The predicted octanol–water partition coefficient (Wildman–Crippen LogP) is 3.12. The minimum atomic E-state index is -0.321. The molecule has 17 heavy (non-hydrogen) atoms. The van der Waals surface area contributed by atoms with Gasteiger partial charge in [0.15, 0.2) is 12.0 Å². The molecule has 0 aliphatic carbocycles. The maximum Gasteiger partial charge on any atom is 0.172 e. The molecule has 1 aliphatic heterocycles. The first-order valence-corrected chi connectivity index (χ1v) is 5.89. The highest BCUT2D eigenvalue weighted by Crippen LogP contribution is 2.33. The predicted molar refractivity (Wildman–Crippen MR) is 65.9 cm³/mol. The molecule has 88 valence electrons. The Balaban J connectivity index is 2.23. The topological polar surface area (TPSA) is 41.1 Å². The molecule has 4 nitrogen and oxygen atoms in total. The van der Waals surface area contributed by atoms with Gasteiger partial charge in [-0.15, -0.1) is 0 Å². The highest BCUT2D eigenvalue weighted by Gasteiger charge is 2.23. The first kappa shape index (κ1) is 10.6.